The van der Waals surface area contributed by atoms with Crippen molar-refractivity contribution in [2.24, 2.45) is 0 Å². The minimum Gasteiger partial charge on any atom is -0.355 e. The van der Waals surface area contributed by atoms with Crippen molar-refractivity contribution in [1.82, 2.24) is 15.5 Å². The molecule has 0 bridgehead atoms. The Labute approximate surface area is 126 Å². The van der Waals surface area contributed by atoms with E-state index in [1.807, 2.05) is 6.20 Å². The summed E-state index contributed by atoms with van der Waals surface area (Å²) in [6, 6.07) is 9.63. The fourth-order valence-electron chi connectivity index (χ4n) is 3.40. The van der Waals surface area contributed by atoms with Crippen LogP contribution in [0.1, 0.15) is 32.6 Å². The number of hydrogen-bond donors (Lipinski definition) is 1. The zero-order valence-electron chi connectivity index (χ0n) is 12.9. The molecule has 1 N–H and O–H groups in total. The molecule has 1 aliphatic rings. The average molecular weight is 284 g/mol. The smallest absolute Gasteiger partial charge is 0.159 e. The van der Waals surface area contributed by atoms with Crippen molar-refractivity contribution >= 4 is 16.6 Å². The van der Waals surface area contributed by atoms with Gasteiger partial charge in [0, 0.05) is 29.9 Å². The first-order chi connectivity index (χ1) is 10.3. The van der Waals surface area contributed by atoms with Crippen LogP contribution in [-0.2, 0) is 0 Å². The summed E-state index contributed by atoms with van der Waals surface area (Å²) in [5.41, 5.74) is 0. The molecule has 1 aromatic heterocycles. The molecule has 2 aromatic rings. The summed E-state index contributed by atoms with van der Waals surface area (Å²) in [6.07, 6.45) is 6.79. The molecule has 4 nitrogen and oxygen atoms in total. The molecule has 1 aromatic carbocycles. The lowest BCUT2D eigenvalue weighted by Crippen LogP contribution is -2.41. The Hall–Kier alpha value is -1.68. The van der Waals surface area contributed by atoms with E-state index < -0.39 is 0 Å². The number of benzene rings is 1. The highest BCUT2D eigenvalue weighted by Crippen LogP contribution is 2.29. The Bertz CT molecular complexity index is 585. The molecule has 0 spiro atoms. The molecule has 4 heteroatoms. The highest BCUT2D eigenvalue weighted by molar-refractivity contribution is 5.91. The Balaban J connectivity index is 1.77. The van der Waals surface area contributed by atoms with Gasteiger partial charge in [-0.05, 0) is 32.2 Å². The molecule has 112 valence electrons. The normalized spacial score (nSPS) is 22.4. The first-order valence-electron chi connectivity index (χ1n) is 7.96. The van der Waals surface area contributed by atoms with Crippen molar-refractivity contribution in [2.75, 3.05) is 18.5 Å². The first-order valence-corrected chi connectivity index (χ1v) is 7.96. The molecule has 0 aliphatic heterocycles. The summed E-state index contributed by atoms with van der Waals surface area (Å²) in [4.78, 5) is 2.33. The van der Waals surface area contributed by atoms with Gasteiger partial charge in [-0.1, -0.05) is 31.2 Å². The van der Waals surface area contributed by atoms with E-state index in [2.05, 4.69) is 58.7 Å². The van der Waals surface area contributed by atoms with Crippen LogP contribution in [0.15, 0.2) is 30.5 Å². The third kappa shape index (κ3) is 3.00. The number of nitrogens with zero attached hydrogens (tertiary/aromatic N) is 3. The van der Waals surface area contributed by atoms with Crippen molar-refractivity contribution in [3.63, 3.8) is 0 Å². The van der Waals surface area contributed by atoms with E-state index in [0.29, 0.717) is 12.1 Å². The molecule has 1 saturated carbocycles. The summed E-state index contributed by atoms with van der Waals surface area (Å²) in [5.74, 6) is 1.01. The summed E-state index contributed by atoms with van der Waals surface area (Å²) in [6.45, 7) is 3.25. The Morgan fingerprint density at radius 1 is 1.19 bits per heavy atom. The van der Waals surface area contributed by atoms with Crippen LogP contribution in [0.3, 0.4) is 0 Å². The third-order valence-corrected chi connectivity index (χ3v) is 4.62. The van der Waals surface area contributed by atoms with Crippen LogP contribution in [0.5, 0.6) is 0 Å². The van der Waals surface area contributed by atoms with Crippen LogP contribution in [0.4, 0.5) is 5.82 Å². The fourth-order valence-corrected chi connectivity index (χ4v) is 3.40. The van der Waals surface area contributed by atoms with Gasteiger partial charge in [-0.25, -0.2) is 0 Å². The van der Waals surface area contributed by atoms with Gasteiger partial charge in [0.05, 0.1) is 6.20 Å². The lowest BCUT2D eigenvalue weighted by Gasteiger charge is -2.35. The van der Waals surface area contributed by atoms with Gasteiger partial charge in [-0.2, -0.15) is 5.10 Å². The topological polar surface area (TPSA) is 41.0 Å². The Morgan fingerprint density at radius 2 is 1.95 bits per heavy atom. The van der Waals surface area contributed by atoms with Gasteiger partial charge >= 0.3 is 0 Å². The minimum absolute atomic E-state index is 0.569. The lowest BCUT2D eigenvalue weighted by molar-refractivity contribution is 0.340. The van der Waals surface area contributed by atoms with Crippen molar-refractivity contribution < 1.29 is 0 Å². The van der Waals surface area contributed by atoms with Crippen molar-refractivity contribution in [1.29, 1.82) is 0 Å². The molecule has 0 radical (unpaired) electrons. The van der Waals surface area contributed by atoms with Crippen LogP contribution in [0, 0.1) is 0 Å². The van der Waals surface area contributed by atoms with Gasteiger partial charge in [0.15, 0.2) is 5.82 Å². The standard InChI is InChI=1S/C17H24N4/c1-3-18-14-8-10-15(11-9-14)21(2)17-16-7-5-4-6-13(16)12-19-20-17/h4-7,12,14-15,18H,3,8-11H2,1-2H3. The van der Waals surface area contributed by atoms with Crippen molar-refractivity contribution in [3.8, 4) is 0 Å². The maximum absolute atomic E-state index is 4.40. The highest BCUT2D eigenvalue weighted by Gasteiger charge is 2.25. The number of hydrogen-bond acceptors (Lipinski definition) is 4. The summed E-state index contributed by atoms with van der Waals surface area (Å²) in [7, 11) is 2.16. The molecule has 0 saturated heterocycles. The van der Waals surface area contributed by atoms with Crippen molar-refractivity contribution in [3.05, 3.63) is 30.5 Å². The maximum atomic E-state index is 4.40. The van der Waals surface area contributed by atoms with Crippen LogP contribution in [0.25, 0.3) is 10.8 Å². The largest absolute Gasteiger partial charge is 0.355 e. The molecule has 0 amide bonds. The van der Waals surface area contributed by atoms with E-state index in [1.54, 1.807) is 0 Å². The van der Waals surface area contributed by atoms with Crippen LogP contribution in [-0.4, -0.2) is 35.9 Å². The molecule has 1 fully saturated rings. The first kappa shape index (κ1) is 14.3. The third-order valence-electron chi connectivity index (χ3n) is 4.62. The predicted molar refractivity (Wildman–Crippen MR) is 87.7 cm³/mol. The second-order valence-corrected chi connectivity index (χ2v) is 5.93. The molecule has 1 aliphatic carbocycles. The van der Waals surface area contributed by atoms with Crippen LogP contribution < -0.4 is 10.2 Å². The van der Waals surface area contributed by atoms with E-state index >= 15 is 0 Å². The van der Waals surface area contributed by atoms with Crippen molar-refractivity contribution in [2.45, 2.75) is 44.7 Å². The minimum atomic E-state index is 0.569. The average Bonchev–Trinajstić information content (AvgIpc) is 2.55. The number of anilines is 1. The molecule has 21 heavy (non-hydrogen) atoms. The zero-order valence-corrected chi connectivity index (χ0v) is 12.9. The fraction of sp³-hybridized carbons (Fsp3) is 0.529. The molecule has 3 rings (SSSR count). The van der Waals surface area contributed by atoms with E-state index in [1.165, 1.54) is 31.1 Å². The van der Waals surface area contributed by atoms with Gasteiger partial charge in [0.1, 0.15) is 0 Å². The van der Waals surface area contributed by atoms with Gasteiger partial charge < -0.3 is 10.2 Å². The Morgan fingerprint density at radius 3 is 2.71 bits per heavy atom. The van der Waals surface area contributed by atoms with Gasteiger partial charge in [-0.15, -0.1) is 5.10 Å². The number of aromatic nitrogens is 2. The van der Waals surface area contributed by atoms with Gasteiger partial charge in [0.2, 0.25) is 0 Å². The maximum Gasteiger partial charge on any atom is 0.159 e. The van der Waals surface area contributed by atoms with Gasteiger partial charge in [0.25, 0.3) is 0 Å². The molecule has 1 heterocycles. The molecular formula is C17H24N4. The number of rotatable bonds is 4. The SMILES string of the molecule is CCNC1CCC(N(C)c2nncc3ccccc23)CC1. The second kappa shape index (κ2) is 6.39. The summed E-state index contributed by atoms with van der Waals surface area (Å²) < 4.78 is 0. The number of fused-ring (bicyclic) bond motifs is 1. The summed E-state index contributed by atoms with van der Waals surface area (Å²) in [5, 5.41) is 14.5. The van der Waals surface area contributed by atoms with E-state index in [9.17, 15) is 0 Å². The lowest BCUT2D eigenvalue weighted by atomic mass is 9.90. The monoisotopic (exact) mass is 284 g/mol. The summed E-state index contributed by atoms with van der Waals surface area (Å²) >= 11 is 0. The molecule has 0 unspecified atom stereocenters. The molecular weight excluding hydrogens is 260 g/mol. The Kier molecular flexibility index (Phi) is 4.34. The van der Waals surface area contributed by atoms with Crippen LogP contribution >= 0.6 is 0 Å². The van der Waals surface area contributed by atoms with E-state index in [-0.39, 0.29) is 0 Å². The quantitative estimate of drug-likeness (QED) is 0.937. The second-order valence-electron chi connectivity index (χ2n) is 5.93. The molecule has 0 atom stereocenters. The van der Waals surface area contributed by atoms with E-state index in [4.69, 9.17) is 0 Å². The van der Waals surface area contributed by atoms with Gasteiger partial charge in [-0.3, -0.25) is 0 Å². The van der Waals surface area contributed by atoms with Crippen LogP contribution in [0.2, 0.25) is 0 Å². The zero-order chi connectivity index (χ0) is 14.7. The predicted octanol–water partition coefficient (Wildman–Crippen LogP) is 2.99. The van der Waals surface area contributed by atoms with E-state index in [0.717, 1.165) is 17.7 Å². The highest BCUT2D eigenvalue weighted by atomic mass is 15.3. The number of nitrogens with one attached hydrogen (secondary N) is 1.